The first-order chi connectivity index (χ1) is 6.61. The van der Waals surface area contributed by atoms with Crippen molar-refractivity contribution in [1.82, 2.24) is 0 Å². The smallest absolute Gasteiger partial charge is 0.339 e. The highest BCUT2D eigenvalue weighted by Crippen LogP contribution is 2.30. The first kappa shape index (κ1) is 9.25. The molecule has 0 aromatic heterocycles. The molecule has 0 bridgehead atoms. The van der Waals surface area contributed by atoms with Gasteiger partial charge in [0, 0.05) is 5.56 Å². The maximum absolute atomic E-state index is 11.4. The molecule has 2 heteroatoms. The van der Waals surface area contributed by atoms with E-state index in [4.69, 9.17) is 4.74 Å². The third-order valence-corrected chi connectivity index (χ3v) is 2.73. The highest BCUT2D eigenvalue weighted by Gasteiger charge is 2.26. The lowest BCUT2D eigenvalue weighted by Gasteiger charge is -2.10. The molecule has 0 spiro atoms. The number of cyclic esters (lactones) is 1. The zero-order valence-electron chi connectivity index (χ0n) is 8.76. The van der Waals surface area contributed by atoms with E-state index >= 15 is 0 Å². The van der Waals surface area contributed by atoms with Crippen molar-refractivity contribution in [2.75, 3.05) is 0 Å². The average molecular weight is 190 g/mol. The average Bonchev–Trinajstić information content (AvgIpc) is 2.49. The van der Waals surface area contributed by atoms with Crippen molar-refractivity contribution in [3.05, 3.63) is 34.4 Å². The Morgan fingerprint density at radius 1 is 1.36 bits per heavy atom. The first-order valence-corrected chi connectivity index (χ1v) is 4.90. The molecule has 1 aromatic rings. The van der Waals surface area contributed by atoms with E-state index in [1.54, 1.807) is 0 Å². The van der Waals surface area contributed by atoms with Crippen LogP contribution in [0.3, 0.4) is 0 Å². The second kappa shape index (κ2) is 3.12. The molecule has 0 amide bonds. The lowest BCUT2D eigenvalue weighted by atomic mass is 9.92. The van der Waals surface area contributed by atoms with Crippen LogP contribution in [-0.4, -0.2) is 5.97 Å². The topological polar surface area (TPSA) is 26.3 Å². The summed E-state index contributed by atoms with van der Waals surface area (Å²) >= 11 is 0. The van der Waals surface area contributed by atoms with Gasteiger partial charge in [-0.1, -0.05) is 26.0 Å². The number of esters is 1. The van der Waals surface area contributed by atoms with Crippen LogP contribution in [-0.2, 0) is 11.3 Å². The summed E-state index contributed by atoms with van der Waals surface area (Å²) in [6, 6.07) is 4.10. The van der Waals surface area contributed by atoms with E-state index in [9.17, 15) is 4.79 Å². The Kier molecular flexibility index (Phi) is 2.06. The Labute approximate surface area is 83.9 Å². The summed E-state index contributed by atoms with van der Waals surface area (Å²) < 4.78 is 5.06. The van der Waals surface area contributed by atoms with Gasteiger partial charge in [-0.05, 0) is 24.0 Å². The van der Waals surface area contributed by atoms with Crippen molar-refractivity contribution < 1.29 is 9.53 Å². The summed E-state index contributed by atoms with van der Waals surface area (Å²) in [5.41, 5.74) is 4.13. The van der Waals surface area contributed by atoms with Crippen LogP contribution in [0.25, 0.3) is 0 Å². The van der Waals surface area contributed by atoms with E-state index in [1.807, 2.05) is 13.0 Å². The Balaban J connectivity index is 2.64. The second-order valence-electron chi connectivity index (χ2n) is 4.06. The number of aryl methyl sites for hydroxylation is 1. The second-order valence-corrected chi connectivity index (χ2v) is 4.06. The Morgan fingerprint density at radius 3 is 2.71 bits per heavy atom. The molecule has 0 fully saturated rings. The van der Waals surface area contributed by atoms with Crippen LogP contribution in [0.15, 0.2) is 12.1 Å². The van der Waals surface area contributed by atoms with Crippen molar-refractivity contribution in [2.45, 2.75) is 33.3 Å². The van der Waals surface area contributed by atoms with Crippen molar-refractivity contribution in [2.24, 2.45) is 0 Å². The number of hydrogen-bond donors (Lipinski definition) is 0. The van der Waals surface area contributed by atoms with Crippen LogP contribution < -0.4 is 0 Å². The number of carbonyl (C=O) groups is 1. The largest absolute Gasteiger partial charge is 0.457 e. The van der Waals surface area contributed by atoms with Gasteiger partial charge >= 0.3 is 5.97 Å². The molecule has 0 radical (unpaired) electrons. The molecule has 74 valence electrons. The lowest BCUT2D eigenvalue weighted by Crippen LogP contribution is -2.00. The lowest BCUT2D eigenvalue weighted by molar-refractivity contribution is 0.0534. The van der Waals surface area contributed by atoms with Crippen LogP contribution in [0, 0.1) is 6.92 Å². The van der Waals surface area contributed by atoms with E-state index in [1.165, 1.54) is 5.56 Å². The van der Waals surface area contributed by atoms with Crippen molar-refractivity contribution in [1.29, 1.82) is 0 Å². The van der Waals surface area contributed by atoms with Gasteiger partial charge in [0.25, 0.3) is 0 Å². The Hall–Kier alpha value is -1.31. The summed E-state index contributed by atoms with van der Waals surface area (Å²) in [7, 11) is 0. The molecular formula is C12H14O2. The molecule has 0 unspecified atom stereocenters. The number of carbonyl (C=O) groups excluding carboxylic acids is 1. The van der Waals surface area contributed by atoms with Crippen LogP contribution in [0.2, 0.25) is 0 Å². The van der Waals surface area contributed by atoms with E-state index in [2.05, 4.69) is 19.9 Å². The van der Waals surface area contributed by atoms with Gasteiger partial charge in [0.05, 0.1) is 5.56 Å². The molecule has 2 rings (SSSR count). The third kappa shape index (κ3) is 1.22. The molecule has 0 N–H and O–H groups in total. The fraction of sp³-hybridized carbons (Fsp3) is 0.417. The predicted octanol–water partition coefficient (Wildman–Crippen LogP) is 2.79. The van der Waals surface area contributed by atoms with Gasteiger partial charge < -0.3 is 4.74 Å². The quantitative estimate of drug-likeness (QED) is 0.636. The number of benzene rings is 1. The van der Waals surface area contributed by atoms with E-state index in [0.717, 1.165) is 16.7 Å². The standard InChI is InChI=1S/C12H14O2/c1-7(2)9-5-4-8(3)11-10(9)6-14-12(11)13/h4-5,7H,6H2,1-3H3. The molecule has 0 atom stereocenters. The molecule has 0 aliphatic carbocycles. The van der Waals surface area contributed by atoms with Gasteiger partial charge in [-0.3, -0.25) is 0 Å². The number of rotatable bonds is 1. The molecule has 1 aromatic carbocycles. The molecule has 1 heterocycles. The summed E-state index contributed by atoms with van der Waals surface area (Å²) in [6.45, 7) is 6.67. The van der Waals surface area contributed by atoms with Gasteiger partial charge in [-0.2, -0.15) is 0 Å². The zero-order chi connectivity index (χ0) is 10.3. The fourth-order valence-electron chi connectivity index (χ4n) is 1.97. The van der Waals surface area contributed by atoms with Crippen molar-refractivity contribution in [3.8, 4) is 0 Å². The minimum atomic E-state index is -0.167. The van der Waals surface area contributed by atoms with Crippen LogP contribution in [0.1, 0.15) is 46.8 Å². The summed E-state index contributed by atoms with van der Waals surface area (Å²) in [5.74, 6) is 0.277. The molecule has 1 aliphatic rings. The van der Waals surface area contributed by atoms with Crippen LogP contribution in [0.4, 0.5) is 0 Å². The van der Waals surface area contributed by atoms with Gasteiger partial charge in [0.15, 0.2) is 0 Å². The third-order valence-electron chi connectivity index (χ3n) is 2.73. The van der Waals surface area contributed by atoms with E-state index in [-0.39, 0.29) is 5.97 Å². The first-order valence-electron chi connectivity index (χ1n) is 4.90. The van der Waals surface area contributed by atoms with E-state index < -0.39 is 0 Å². The SMILES string of the molecule is Cc1ccc(C(C)C)c2c1C(=O)OC2. The van der Waals surface area contributed by atoms with Gasteiger partial charge in [-0.25, -0.2) is 4.79 Å². The summed E-state index contributed by atoms with van der Waals surface area (Å²) in [4.78, 5) is 11.4. The monoisotopic (exact) mass is 190 g/mol. The maximum Gasteiger partial charge on any atom is 0.339 e. The highest BCUT2D eigenvalue weighted by molar-refractivity contribution is 5.95. The number of hydrogen-bond acceptors (Lipinski definition) is 2. The zero-order valence-corrected chi connectivity index (χ0v) is 8.76. The molecular weight excluding hydrogens is 176 g/mol. The Morgan fingerprint density at radius 2 is 2.07 bits per heavy atom. The molecule has 1 aliphatic heterocycles. The summed E-state index contributed by atoms with van der Waals surface area (Å²) in [5, 5.41) is 0. The molecule has 0 saturated carbocycles. The fourth-order valence-corrected chi connectivity index (χ4v) is 1.97. The van der Waals surface area contributed by atoms with Gasteiger partial charge in [0.2, 0.25) is 0 Å². The molecule has 14 heavy (non-hydrogen) atoms. The minimum Gasteiger partial charge on any atom is -0.457 e. The van der Waals surface area contributed by atoms with E-state index in [0.29, 0.717) is 12.5 Å². The number of fused-ring (bicyclic) bond motifs is 1. The van der Waals surface area contributed by atoms with Gasteiger partial charge in [0.1, 0.15) is 6.61 Å². The molecule has 0 saturated heterocycles. The summed E-state index contributed by atoms with van der Waals surface area (Å²) in [6.07, 6.45) is 0. The van der Waals surface area contributed by atoms with Crippen LogP contribution >= 0.6 is 0 Å². The number of ether oxygens (including phenoxy) is 1. The maximum atomic E-state index is 11.4. The molecule has 2 nitrogen and oxygen atoms in total. The van der Waals surface area contributed by atoms with Crippen LogP contribution in [0.5, 0.6) is 0 Å². The minimum absolute atomic E-state index is 0.167. The highest BCUT2D eigenvalue weighted by atomic mass is 16.5. The predicted molar refractivity (Wildman–Crippen MR) is 54.4 cm³/mol. The van der Waals surface area contributed by atoms with Crippen molar-refractivity contribution in [3.63, 3.8) is 0 Å². The van der Waals surface area contributed by atoms with Crippen molar-refractivity contribution >= 4 is 5.97 Å². The normalized spacial score (nSPS) is 14.4. The Bertz CT molecular complexity index is 392. The van der Waals surface area contributed by atoms with Gasteiger partial charge in [-0.15, -0.1) is 0 Å².